The summed E-state index contributed by atoms with van der Waals surface area (Å²) in [6.07, 6.45) is 0. The molecule has 0 bridgehead atoms. The number of rotatable bonds is 7. The van der Waals surface area contributed by atoms with Crippen LogP contribution in [-0.4, -0.2) is 36.2 Å². The van der Waals surface area contributed by atoms with Gasteiger partial charge in [-0.1, -0.05) is 30.3 Å². The third-order valence-electron chi connectivity index (χ3n) is 7.44. The number of nitrogens with zero attached hydrogens (tertiary/aromatic N) is 2. The van der Waals surface area contributed by atoms with E-state index < -0.39 is 15.8 Å². The van der Waals surface area contributed by atoms with Crippen molar-refractivity contribution in [2.45, 2.75) is 39.5 Å². The fourth-order valence-electron chi connectivity index (χ4n) is 4.88. The van der Waals surface area contributed by atoms with Crippen molar-refractivity contribution in [3.05, 3.63) is 107 Å². The Balaban J connectivity index is 1.56. The highest BCUT2D eigenvalue weighted by Crippen LogP contribution is 2.35. The fourth-order valence-corrected chi connectivity index (χ4v) is 5.76. The van der Waals surface area contributed by atoms with E-state index in [0.29, 0.717) is 11.1 Å². The summed E-state index contributed by atoms with van der Waals surface area (Å²) >= 11 is 0. The summed E-state index contributed by atoms with van der Waals surface area (Å²) in [5.74, 6) is -0.953. The molecule has 5 aromatic rings. The van der Waals surface area contributed by atoms with Gasteiger partial charge in [0.2, 0.25) is 5.78 Å². The number of aromatic nitrogens is 1. The standard InChI is InChI=1S/C33H30N2O5S/c1-6-41(38,39)26-14-12-25(13-15-26)35-30-16-11-24(19-29(30)28-17-21(3)22(4)18-31(28)35)32(36)23(5)34-40-33(37)27-10-8-7-9-20(27)2/h7-19H,6H2,1-5H3. The smallest absolute Gasteiger partial charge is 0.312 e. The number of sulfone groups is 1. The maximum absolute atomic E-state index is 13.3. The number of hydrogen-bond donors (Lipinski definition) is 0. The van der Waals surface area contributed by atoms with Crippen molar-refractivity contribution < 1.29 is 22.8 Å². The molecule has 208 valence electrons. The number of ketones is 1. The Morgan fingerprint density at radius 1 is 0.805 bits per heavy atom. The van der Waals surface area contributed by atoms with Crippen LogP contribution < -0.4 is 0 Å². The zero-order valence-electron chi connectivity index (χ0n) is 23.6. The molecular formula is C33H30N2O5S. The molecule has 0 saturated carbocycles. The van der Waals surface area contributed by atoms with Crippen LogP contribution in [0.2, 0.25) is 0 Å². The first-order chi connectivity index (χ1) is 19.5. The minimum absolute atomic E-state index is 0.0326. The van der Waals surface area contributed by atoms with Crippen molar-refractivity contribution in [3.8, 4) is 5.69 Å². The van der Waals surface area contributed by atoms with Gasteiger partial charge in [0.25, 0.3) is 0 Å². The van der Waals surface area contributed by atoms with Crippen molar-refractivity contribution in [2.24, 2.45) is 5.16 Å². The van der Waals surface area contributed by atoms with Crippen molar-refractivity contribution in [1.82, 2.24) is 4.57 Å². The Morgan fingerprint density at radius 3 is 2.15 bits per heavy atom. The molecule has 7 nitrogen and oxygen atoms in total. The summed E-state index contributed by atoms with van der Waals surface area (Å²) in [4.78, 5) is 31.1. The lowest BCUT2D eigenvalue weighted by Crippen LogP contribution is -2.13. The van der Waals surface area contributed by atoms with Gasteiger partial charge < -0.3 is 9.40 Å². The second-order valence-electron chi connectivity index (χ2n) is 10.1. The van der Waals surface area contributed by atoms with E-state index in [1.54, 1.807) is 62.4 Å². The van der Waals surface area contributed by atoms with Crippen LogP contribution in [0.5, 0.6) is 0 Å². The van der Waals surface area contributed by atoms with Gasteiger partial charge in [-0.25, -0.2) is 13.2 Å². The molecule has 0 fully saturated rings. The lowest BCUT2D eigenvalue weighted by molar-refractivity contribution is 0.0514. The predicted molar refractivity (Wildman–Crippen MR) is 162 cm³/mol. The van der Waals surface area contributed by atoms with E-state index in [0.717, 1.165) is 44.2 Å². The number of oxime groups is 1. The molecule has 41 heavy (non-hydrogen) atoms. The van der Waals surface area contributed by atoms with E-state index in [9.17, 15) is 18.0 Å². The Kier molecular flexibility index (Phi) is 7.36. The molecule has 0 atom stereocenters. The minimum Gasteiger partial charge on any atom is -0.312 e. The van der Waals surface area contributed by atoms with E-state index >= 15 is 0 Å². The van der Waals surface area contributed by atoms with Crippen LogP contribution in [0.25, 0.3) is 27.5 Å². The van der Waals surface area contributed by atoms with Crippen molar-refractivity contribution in [2.75, 3.05) is 5.75 Å². The molecule has 4 aromatic carbocycles. The number of carbonyl (C=O) groups excluding carboxylic acids is 2. The molecule has 0 N–H and O–H groups in total. The summed E-state index contributed by atoms with van der Waals surface area (Å²) in [6, 6.07) is 23.5. The summed E-state index contributed by atoms with van der Waals surface area (Å²) in [6.45, 7) is 9.02. The lowest BCUT2D eigenvalue weighted by atomic mass is 10.0. The average molecular weight is 567 g/mol. The van der Waals surface area contributed by atoms with Gasteiger partial charge in [-0.2, -0.15) is 0 Å². The first-order valence-electron chi connectivity index (χ1n) is 13.3. The topological polar surface area (TPSA) is 94.8 Å². The van der Waals surface area contributed by atoms with Gasteiger partial charge in [0.05, 0.1) is 27.2 Å². The van der Waals surface area contributed by atoms with Crippen LogP contribution in [0.15, 0.2) is 88.9 Å². The van der Waals surface area contributed by atoms with Gasteiger partial charge in [0.15, 0.2) is 9.84 Å². The van der Waals surface area contributed by atoms with Gasteiger partial charge in [-0.3, -0.25) is 4.79 Å². The monoisotopic (exact) mass is 566 g/mol. The molecule has 8 heteroatoms. The second kappa shape index (κ2) is 10.8. The number of hydrogen-bond acceptors (Lipinski definition) is 6. The van der Waals surface area contributed by atoms with E-state index in [4.69, 9.17) is 4.84 Å². The van der Waals surface area contributed by atoms with Crippen LogP contribution in [0.3, 0.4) is 0 Å². The number of benzene rings is 4. The van der Waals surface area contributed by atoms with Gasteiger partial charge in [0.1, 0.15) is 5.71 Å². The quantitative estimate of drug-likeness (QED) is 0.0923. The fraction of sp³-hybridized carbons (Fsp3) is 0.182. The van der Waals surface area contributed by atoms with Gasteiger partial charge in [-0.05, 0) is 105 Å². The first kappa shape index (κ1) is 28.0. The zero-order valence-corrected chi connectivity index (χ0v) is 24.4. The highest BCUT2D eigenvalue weighted by atomic mass is 32.2. The molecule has 0 unspecified atom stereocenters. The lowest BCUT2D eigenvalue weighted by Gasteiger charge is -2.10. The SMILES string of the molecule is CCS(=O)(=O)c1ccc(-n2c3ccc(C(=O)C(C)=NOC(=O)c4ccccc4C)cc3c3cc(C)c(C)cc32)cc1. The molecule has 5 rings (SSSR count). The number of fused-ring (bicyclic) bond motifs is 3. The van der Waals surface area contributed by atoms with Crippen LogP contribution in [-0.2, 0) is 14.7 Å². The predicted octanol–water partition coefficient (Wildman–Crippen LogP) is 6.92. The summed E-state index contributed by atoms with van der Waals surface area (Å²) in [7, 11) is -3.32. The van der Waals surface area contributed by atoms with Crippen LogP contribution >= 0.6 is 0 Å². The van der Waals surface area contributed by atoms with Crippen molar-refractivity contribution in [1.29, 1.82) is 0 Å². The summed E-state index contributed by atoms with van der Waals surface area (Å²) < 4.78 is 26.8. The van der Waals surface area contributed by atoms with Gasteiger partial charge >= 0.3 is 5.97 Å². The van der Waals surface area contributed by atoms with E-state index in [-0.39, 0.29) is 22.1 Å². The second-order valence-corrected chi connectivity index (χ2v) is 12.4. The first-order valence-corrected chi connectivity index (χ1v) is 14.9. The number of carbonyl (C=O) groups is 2. The molecule has 0 spiro atoms. The van der Waals surface area contributed by atoms with E-state index in [1.807, 2.05) is 32.0 Å². The molecule has 0 aliphatic heterocycles. The number of aryl methyl sites for hydroxylation is 3. The van der Waals surface area contributed by atoms with Gasteiger partial charge in [0, 0.05) is 22.0 Å². The Bertz CT molecular complexity index is 1980. The van der Waals surface area contributed by atoms with Crippen LogP contribution in [0.1, 0.15) is 51.3 Å². The van der Waals surface area contributed by atoms with Crippen LogP contribution in [0, 0.1) is 20.8 Å². The third kappa shape index (κ3) is 5.18. The van der Waals surface area contributed by atoms with Gasteiger partial charge in [-0.15, -0.1) is 0 Å². The Morgan fingerprint density at radius 2 is 1.46 bits per heavy atom. The molecule has 0 amide bonds. The highest BCUT2D eigenvalue weighted by molar-refractivity contribution is 7.91. The summed E-state index contributed by atoms with van der Waals surface area (Å²) in [5.41, 5.74) is 6.44. The van der Waals surface area contributed by atoms with E-state index in [2.05, 4.69) is 21.9 Å². The normalized spacial score (nSPS) is 12.2. The molecule has 0 saturated heterocycles. The van der Waals surface area contributed by atoms with Crippen molar-refractivity contribution >= 4 is 49.1 Å². The highest BCUT2D eigenvalue weighted by Gasteiger charge is 2.19. The molecule has 0 aliphatic carbocycles. The van der Waals surface area contributed by atoms with Crippen molar-refractivity contribution in [3.63, 3.8) is 0 Å². The third-order valence-corrected chi connectivity index (χ3v) is 9.19. The molecule has 1 heterocycles. The Labute approximate surface area is 239 Å². The Hall–Kier alpha value is -4.56. The zero-order chi connectivity index (χ0) is 29.5. The largest absolute Gasteiger partial charge is 0.366 e. The van der Waals surface area contributed by atoms with E-state index in [1.165, 1.54) is 6.92 Å². The average Bonchev–Trinajstić information content (AvgIpc) is 3.28. The molecule has 0 aliphatic rings. The maximum Gasteiger partial charge on any atom is 0.366 e. The van der Waals surface area contributed by atoms with Crippen LogP contribution in [0.4, 0.5) is 0 Å². The molecule has 1 aromatic heterocycles. The summed E-state index contributed by atoms with van der Waals surface area (Å²) in [5, 5.41) is 5.66. The molecule has 0 radical (unpaired) electrons. The maximum atomic E-state index is 13.3. The number of Topliss-reactive ketones (excluding diaryl/α,β-unsaturated/α-hetero) is 1. The minimum atomic E-state index is -3.32. The molecular weight excluding hydrogens is 536 g/mol.